The topological polar surface area (TPSA) is 95.6 Å². The Balaban J connectivity index is 1.30. The minimum Gasteiger partial charge on any atom is -0.322 e. The molecule has 1 fully saturated rings. The summed E-state index contributed by atoms with van der Waals surface area (Å²) in [4.78, 5) is 53.2. The maximum Gasteiger partial charge on any atom is 0.257 e. The summed E-state index contributed by atoms with van der Waals surface area (Å²) in [5.41, 5.74) is 4.37. The van der Waals surface area contributed by atoms with E-state index < -0.39 is 5.91 Å². The summed E-state index contributed by atoms with van der Waals surface area (Å²) >= 11 is 0. The van der Waals surface area contributed by atoms with Gasteiger partial charge in [-0.25, -0.2) is 4.90 Å². The van der Waals surface area contributed by atoms with Crippen molar-refractivity contribution in [1.29, 1.82) is 0 Å². The van der Waals surface area contributed by atoms with Crippen LogP contribution in [0.3, 0.4) is 0 Å². The van der Waals surface area contributed by atoms with Gasteiger partial charge in [-0.15, -0.1) is 0 Å². The van der Waals surface area contributed by atoms with Gasteiger partial charge in [0.2, 0.25) is 11.8 Å². The Kier molecular flexibility index (Phi) is 6.44. The Labute approximate surface area is 215 Å². The van der Waals surface area contributed by atoms with Gasteiger partial charge in [0.15, 0.2) is 0 Å². The minimum atomic E-state index is -0.434. The number of para-hydroxylation sites is 1. The van der Waals surface area contributed by atoms with Crippen molar-refractivity contribution < 1.29 is 19.2 Å². The number of benzene rings is 3. The monoisotopic (exact) mass is 493 g/mol. The molecule has 1 aliphatic carbocycles. The van der Waals surface area contributed by atoms with E-state index in [1.54, 1.807) is 60.7 Å². The standard InChI is InChI=1S/C30H27N3O4/c1-18-7-10-20(11-8-18)27(34)31-21-12-14-22(15-13-21)32-28(35)24-5-3-4-6-26(24)33-29(36)23-16-9-19(2)17-25(23)30(33)37/h3-15,23,25H,16-17H2,1-2H3,(H,31,34)(H,32,35)/t23-,25+/m1/s1. The van der Waals surface area contributed by atoms with Crippen LogP contribution in [0.1, 0.15) is 46.0 Å². The van der Waals surface area contributed by atoms with Crippen LogP contribution in [-0.4, -0.2) is 23.6 Å². The smallest absolute Gasteiger partial charge is 0.257 e. The second-order valence-corrected chi connectivity index (χ2v) is 9.58. The molecular weight excluding hydrogens is 466 g/mol. The fourth-order valence-corrected chi connectivity index (χ4v) is 4.88. The molecule has 186 valence electrons. The Morgan fingerprint density at radius 2 is 1.35 bits per heavy atom. The van der Waals surface area contributed by atoms with Crippen LogP contribution in [0.15, 0.2) is 84.4 Å². The third-order valence-electron chi connectivity index (χ3n) is 6.93. The average Bonchev–Trinajstić information content (AvgIpc) is 3.14. The Hall–Kier alpha value is -4.52. The fraction of sp³-hybridized carbons (Fsp3) is 0.200. The molecule has 0 unspecified atom stereocenters. The van der Waals surface area contributed by atoms with Crippen LogP contribution in [0, 0.1) is 18.8 Å². The Morgan fingerprint density at radius 1 is 0.757 bits per heavy atom. The minimum absolute atomic E-state index is 0.225. The number of fused-ring (bicyclic) bond motifs is 1. The zero-order valence-electron chi connectivity index (χ0n) is 20.7. The molecule has 4 amide bonds. The number of carbonyl (C=O) groups excluding carboxylic acids is 4. The van der Waals surface area contributed by atoms with Gasteiger partial charge in [0, 0.05) is 16.9 Å². The molecule has 7 heteroatoms. The van der Waals surface area contributed by atoms with Crippen LogP contribution < -0.4 is 15.5 Å². The molecule has 2 atom stereocenters. The van der Waals surface area contributed by atoms with E-state index in [9.17, 15) is 19.2 Å². The second kappa shape index (κ2) is 9.85. The quantitative estimate of drug-likeness (QED) is 0.370. The van der Waals surface area contributed by atoms with Gasteiger partial charge in [-0.3, -0.25) is 19.2 Å². The molecule has 2 aliphatic rings. The highest BCUT2D eigenvalue weighted by molar-refractivity contribution is 6.25. The first-order chi connectivity index (χ1) is 17.8. The van der Waals surface area contributed by atoms with Crippen molar-refractivity contribution in [2.75, 3.05) is 15.5 Å². The van der Waals surface area contributed by atoms with Gasteiger partial charge in [0.25, 0.3) is 11.8 Å². The average molecular weight is 494 g/mol. The number of imide groups is 1. The number of nitrogens with one attached hydrogen (secondary N) is 2. The maximum atomic E-state index is 13.2. The van der Waals surface area contributed by atoms with Gasteiger partial charge in [0.1, 0.15) is 0 Å². The lowest BCUT2D eigenvalue weighted by atomic mass is 9.82. The molecule has 3 aromatic rings. The Morgan fingerprint density at radius 3 is 2.03 bits per heavy atom. The van der Waals surface area contributed by atoms with Gasteiger partial charge >= 0.3 is 0 Å². The number of aryl methyl sites for hydroxylation is 1. The number of anilines is 3. The number of rotatable bonds is 5. The van der Waals surface area contributed by atoms with Crippen LogP contribution in [0.5, 0.6) is 0 Å². The summed E-state index contributed by atoms with van der Waals surface area (Å²) in [6, 6.07) is 20.7. The fourth-order valence-electron chi connectivity index (χ4n) is 4.88. The highest BCUT2D eigenvalue weighted by Gasteiger charge is 2.49. The lowest BCUT2D eigenvalue weighted by Crippen LogP contribution is -2.33. The largest absolute Gasteiger partial charge is 0.322 e. The van der Waals surface area contributed by atoms with E-state index in [1.807, 2.05) is 32.1 Å². The van der Waals surface area contributed by atoms with Crippen molar-refractivity contribution in [1.82, 2.24) is 0 Å². The van der Waals surface area contributed by atoms with E-state index in [-0.39, 0.29) is 35.1 Å². The van der Waals surface area contributed by atoms with Crippen LogP contribution in [0.25, 0.3) is 0 Å². The van der Waals surface area contributed by atoms with Crippen molar-refractivity contribution >= 4 is 40.7 Å². The Bertz CT molecular complexity index is 1420. The SMILES string of the molecule is CC1=CC[C@H]2C(=O)N(c3ccccc3C(=O)Nc3ccc(NC(=O)c4ccc(C)cc4)cc3)C(=O)[C@H]2C1. The van der Waals surface area contributed by atoms with Crippen molar-refractivity contribution in [2.24, 2.45) is 11.8 Å². The van der Waals surface area contributed by atoms with Crippen molar-refractivity contribution in [3.63, 3.8) is 0 Å². The second-order valence-electron chi connectivity index (χ2n) is 9.58. The van der Waals surface area contributed by atoms with E-state index in [0.29, 0.717) is 35.5 Å². The van der Waals surface area contributed by atoms with Crippen LogP contribution in [0.4, 0.5) is 17.1 Å². The predicted octanol–water partition coefficient (Wildman–Crippen LogP) is 5.35. The van der Waals surface area contributed by atoms with Crippen LogP contribution >= 0.6 is 0 Å². The van der Waals surface area contributed by atoms with Gasteiger partial charge in [-0.05, 0) is 75.2 Å². The molecule has 37 heavy (non-hydrogen) atoms. The lowest BCUT2D eigenvalue weighted by Gasteiger charge is -2.19. The van der Waals surface area contributed by atoms with Gasteiger partial charge < -0.3 is 10.6 Å². The molecule has 0 radical (unpaired) electrons. The van der Waals surface area contributed by atoms with Crippen molar-refractivity contribution in [2.45, 2.75) is 26.7 Å². The molecule has 0 saturated carbocycles. The first kappa shape index (κ1) is 24.2. The predicted molar refractivity (Wildman–Crippen MR) is 142 cm³/mol. The number of hydrogen-bond acceptors (Lipinski definition) is 4. The number of allylic oxidation sites excluding steroid dienone is 2. The van der Waals surface area contributed by atoms with E-state index in [0.717, 1.165) is 11.1 Å². The molecule has 1 saturated heterocycles. The molecule has 3 aromatic carbocycles. The van der Waals surface area contributed by atoms with E-state index in [4.69, 9.17) is 0 Å². The van der Waals surface area contributed by atoms with Gasteiger partial charge in [0.05, 0.1) is 23.1 Å². The number of nitrogens with zero attached hydrogens (tertiary/aromatic N) is 1. The van der Waals surface area contributed by atoms with E-state index >= 15 is 0 Å². The third kappa shape index (κ3) is 4.80. The van der Waals surface area contributed by atoms with Gasteiger partial charge in [-0.1, -0.05) is 41.5 Å². The molecule has 7 nitrogen and oxygen atoms in total. The molecule has 0 bridgehead atoms. The zero-order valence-corrected chi connectivity index (χ0v) is 20.7. The summed E-state index contributed by atoms with van der Waals surface area (Å²) in [5.74, 6) is -1.93. The molecule has 0 spiro atoms. The molecule has 1 heterocycles. The summed E-state index contributed by atoms with van der Waals surface area (Å²) in [6.07, 6.45) is 3.12. The van der Waals surface area contributed by atoms with Crippen molar-refractivity contribution in [3.8, 4) is 0 Å². The zero-order chi connectivity index (χ0) is 26.1. The summed E-state index contributed by atoms with van der Waals surface area (Å²) < 4.78 is 0. The summed E-state index contributed by atoms with van der Waals surface area (Å²) in [7, 11) is 0. The highest BCUT2D eigenvalue weighted by Crippen LogP contribution is 2.40. The summed E-state index contributed by atoms with van der Waals surface area (Å²) in [5, 5.41) is 5.66. The lowest BCUT2D eigenvalue weighted by molar-refractivity contribution is -0.122. The third-order valence-corrected chi connectivity index (χ3v) is 6.93. The molecule has 2 N–H and O–H groups in total. The van der Waals surface area contributed by atoms with Crippen LogP contribution in [0.2, 0.25) is 0 Å². The number of amides is 4. The molecule has 0 aromatic heterocycles. The van der Waals surface area contributed by atoms with E-state index in [2.05, 4.69) is 10.6 Å². The maximum absolute atomic E-state index is 13.2. The first-order valence-electron chi connectivity index (χ1n) is 12.2. The highest BCUT2D eigenvalue weighted by atomic mass is 16.2. The number of carbonyl (C=O) groups is 4. The normalized spacial score (nSPS) is 18.8. The molecule has 5 rings (SSSR count). The number of hydrogen-bond donors (Lipinski definition) is 2. The van der Waals surface area contributed by atoms with Crippen molar-refractivity contribution in [3.05, 3.63) is 101 Å². The molecule has 1 aliphatic heterocycles. The van der Waals surface area contributed by atoms with Crippen LogP contribution in [-0.2, 0) is 9.59 Å². The molecular formula is C30H27N3O4. The van der Waals surface area contributed by atoms with Gasteiger partial charge in [-0.2, -0.15) is 0 Å². The summed E-state index contributed by atoms with van der Waals surface area (Å²) in [6.45, 7) is 3.93. The first-order valence-corrected chi connectivity index (χ1v) is 12.2. The van der Waals surface area contributed by atoms with E-state index in [1.165, 1.54) is 4.90 Å².